The molecule has 0 spiro atoms. The van der Waals surface area contributed by atoms with Crippen LogP contribution in [0.1, 0.15) is 0 Å². The van der Waals surface area contributed by atoms with Gasteiger partial charge in [-0.05, 0) is 95.1 Å². The zero-order valence-electron chi connectivity index (χ0n) is 33.7. The highest BCUT2D eigenvalue weighted by Gasteiger charge is 2.17. The number of hydrogen-bond donors (Lipinski definition) is 0. The molecule has 0 aliphatic rings. The van der Waals surface area contributed by atoms with Crippen molar-refractivity contribution in [3.8, 4) is 67.5 Å². The molecule has 0 bridgehead atoms. The molecule has 0 aliphatic carbocycles. The van der Waals surface area contributed by atoms with Gasteiger partial charge in [-0.15, -0.1) is 0 Å². The lowest BCUT2D eigenvalue weighted by molar-refractivity contribution is 1.16. The summed E-state index contributed by atoms with van der Waals surface area (Å²) in [5.74, 6) is 0.698. The van der Waals surface area contributed by atoms with Gasteiger partial charge >= 0.3 is 0 Å². The van der Waals surface area contributed by atoms with E-state index in [1.165, 1.54) is 54.8 Å². The first-order valence-electron chi connectivity index (χ1n) is 21.1. The molecule has 0 saturated carbocycles. The molecule has 0 fully saturated rings. The highest BCUT2D eigenvalue weighted by molar-refractivity contribution is 6.12. The Hall–Kier alpha value is -8.34. The van der Waals surface area contributed by atoms with Gasteiger partial charge in [-0.3, -0.25) is 0 Å². The Morgan fingerprint density at radius 1 is 0.242 bits per heavy atom. The summed E-state index contributed by atoms with van der Waals surface area (Å²) < 4.78 is 4.78. The van der Waals surface area contributed by atoms with E-state index in [0.29, 0.717) is 5.82 Å². The van der Waals surface area contributed by atoms with Gasteiger partial charge in [0, 0.05) is 49.6 Å². The van der Waals surface area contributed by atoms with Gasteiger partial charge in [-0.1, -0.05) is 158 Å². The number of nitrogens with zero attached hydrogens (tertiary/aromatic N) is 4. The molecular weight excluding hydrogens is 753 g/mol. The molecule has 0 saturated heterocycles. The Bertz CT molecular complexity index is 3530. The fourth-order valence-electron chi connectivity index (χ4n) is 9.14. The second-order valence-corrected chi connectivity index (χ2v) is 15.8. The van der Waals surface area contributed by atoms with Crippen molar-refractivity contribution in [1.82, 2.24) is 19.1 Å². The van der Waals surface area contributed by atoms with Gasteiger partial charge in [0.1, 0.15) is 0 Å². The highest BCUT2D eigenvalue weighted by Crippen LogP contribution is 2.39. The van der Waals surface area contributed by atoms with E-state index in [0.717, 1.165) is 50.5 Å². The van der Waals surface area contributed by atoms with Crippen molar-refractivity contribution in [2.45, 2.75) is 0 Å². The maximum absolute atomic E-state index is 5.08. The molecule has 0 radical (unpaired) electrons. The van der Waals surface area contributed by atoms with Crippen molar-refractivity contribution >= 4 is 43.6 Å². The SMILES string of the molecule is c1ccc(-c2ccc(-n3c4ccccc4c4ccc(-c5ccc6c(c5)c5ccccc5n6-c5ccc(-c6nc(-c7ccccc7)cc(-c7ccccc7)n6)cc5)cc43)cc2)cc1. The first-order chi connectivity index (χ1) is 30.7. The van der Waals surface area contributed by atoms with Crippen LogP contribution in [0, 0.1) is 0 Å². The second kappa shape index (κ2) is 14.7. The molecule has 12 rings (SSSR count). The summed E-state index contributed by atoms with van der Waals surface area (Å²) in [5, 5.41) is 4.92. The molecule has 0 atom stereocenters. The number of aromatic nitrogens is 4. The molecule has 12 aromatic rings. The van der Waals surface area contributed by atoms with Crippen LogP contribution >= 0.6 is 0 Å². The fourth-order valence-corrected chi connectivity index (χ4v) is 9.14. The van der Waals surface area contributed by atoms with Crippen molar-refractivity contribution in [1.29, 1.82) is 0 Å². The van der Waals surface area contributed by atoms with Crippen LogP contribution in [0.4, 0.5) is 0 Å². The summed E-state index contributed by atoms with van der Waals surface area (Å²) in [7, 11) is 0. The minimum Gasteiger partial charge on any atom is -0.309 e. The average Bonchev–Trinajstić information content (AvgIpc) is 3.87. The van der Waals surface area contributed by atoms with Gasteiger partial charge in [-0.2, -0.15) is 0 Å². The summed E-state index contributed by atoms with van der Waals surface area (Å²) >= 11 is 0. The largest absolute Gasteiger partial charge is 0.309 e. The van der Waals surface area contributed by atoms with Crippen LogP contribution in [0.2, 0.25) is 0 Å². The lowest BCUT2D eigenvalue weighted by Gasteiger charge is -2.12. The minimum atomic E-state index is 0.698. The Morgan fingerprint density at radius 3 is 1.24 bits per heavy atom. The third-order valence-electron chi connectivity index (χ3n) is 12.2. The highest BCUT2D eigenvalue weighted by atomic mass is 15.0. The third kappa shape index (κ3) is 6.08. The summed E-state index contributed by atoms with van der Waals surface area (Å²) in [5.41, 5.74) is 16.6. The van der Waals surface area contributed by atoms with Crippen LogP contribution in [0.5, 0.6) is 0 Å². The maximum Gasteiger partial charge on any atom is 0.160 e. The van der Waals surface area contributed by atoms with Gasteiger partial charge in [0.05, 0.1) is 33.5 Å². The monoisotopic (exact) mass is 790 g/mol. The first kappa shape index (κ1) is 35.6. The van der Waals surface area contributed by atoms with E-state index < -0.39 is 0 Å². The van der Waals surface area contributed by atoms with Gasteiger partial charge in [0.25, 0.3) is 0 Å². The van der Waals surface area contributed by atoms with E-state index in [1.807, 2.05) is 36.4 Å². The van der Waals surface area contributed by atoms with Gasteiger partial charge in [0.2, 0.25) is 0 Å². The van der Waals surface area contributed by atoms with E-state index in [9.17, 15) is 0 Å². The summed E-state index contributed by atoms with van der Waals surface area (Å²) in [6.07, 6.45) is 0. The van der Waals surface area contributed by atoms with E-state index in [4.69, 9.17) is 9.97 Å². The summed E-state index contributed by atoms with van der Waals surface area (Å²) in [6.45, 7) is 0. The maximum atomic E-state index is 5.08. The summed E-state index contributed by atoms with van der Waals surface area (Å²) in [4.78, 5) is 10.2. The first-order valence-corrected chi connectivity index (χ1v) is 21.1. The van der Waals surface area contributed by atoms with Crippen LogP contribution in [0.25, 0.3) is 111 Å². The van der Waals surface area contributed by atoms with Crippen molar-refractivity contribution in [2.75, 3.05) is 0 Å². The molecule has 290 valence electrons. The van der Waals surface area contributed by atoms with Crippen molar-refractivity contribution in [3.63, 3.8) is 0 Å². The molecule has 0 N–H and O–H groups in total. The van der Waals surface area contributed by atoms with Crippen LogP contribution < -0.4 is 0 Å². The Morgan fingerprint density at radius 2 is 0.645 bits per heavy atom. The van der Waals surface area contributed by atoms with Gasteiger partial charge in [-0.25, -0.2) is 9.97 Å². The molecule has 0 amide bonds. The number of benzene rings is 9. The topological polar surface area (TPSA) is 35.6 Å². The summed E-state index contributed by atoms with van der Waals surface area (Å²) in [6, 6.07) is 82.2. The number of para-hydroxylation sites is 2. The quantitative estimate of drug-likeness (QED) is 0.161. The lowest BCUT2D eigenvalue weighted by Crippen LogP contribution is -1.97. The van der Waals surface area contributed by atoms with Crippen LogP contribution in [-0.4, -0.2) is 19.1 Å². The number of fused-ring (bicyclic) bond motifs is 6. The molecule has 3 aromatic heterocycles. The Kier molecular flexibility index (Phi) is 8.46. The molecule has 0 aliphatic heterocycles. The molecule has 4 nitrogen and oxygen atoms in total. The Labute approximate surface area is 359 Å². The van der Waals surface area contributed by atoms with E-state index in [1.54, 1.807) is 0 Å². The van der Waals surface area contributed by atoms with Crippen molar-refractivity contribution in [3.05, 3.63) is 231 Å². The lowest BCUT2D eigenvalue weighted by atomic mass is 10.0. The molecule has 3 heterocycles. The van der Waals surface area contributed by atoms with Gasteiger partial charge in [0.15, 0.2) is 5.82 Å². The molecule has 9 aromatic carbocycles. The van der Waals surface area contributed by atoms with E-state index in [-0.39, 0.29) is 0 Å². The van der Waals surface area contributed by atoms with Gasteiger partial charge < -0.3 is 9.13 Å². The predicted octanol–water partition coefficient (Wildman–Crippen LogP) is 15.0. The fraction of sp³-hybridized carbons (Fsp3) is 0. The van der Waals surface area contributed by atoms with E-state index in [2.05, 4.69) is 203 Å². The smallest absolute Gasteiger partial charge is 0.160 e. The number of rotatable bonds is 7. The standard InChI is InChI=1S/C58H38N4/c1-4-14-39(15-5-1)40-24-30-47(31-25-40)62-54-22-12-10-20-48(54)50-34-28-45(37-57(50)62)44-29-35-56-51(36-44)49-21-11-13-23-55(49)61(56)46-32-26-43(27-33-46)58-59-52(41-16-6-2-7-17-41)38-53(60-58)42-18-8-3-9-19-42/h1-38H. The third-order valence-corrected chi connectivity index (χ3v) is 12.2. The molecule has 62 heavy (non-hydrogen) atoms. The van der Waals surface area contributed by atoms with Crippen molar-refractivity contribution < 1.29 is 0 Å². The average molecular weight is 791 g/mol. The zero-order chi connectivity index (χ0) is 41.0. The predicted molar refractivity (Wildman–Crippen MR) is 258 cm³/mol. The van der Waals surface area contributed by atoms with Crippen LogP contribution in [0.15, 0.2) is 231 Å². The van der Waals surface area contributed by atoms with Crippen molar-refractivity contribution in [2.24, 2.45) is 0 Å². The normalized spacial score (nSPS) is 11.5. The van der Waals surface area contributed by atoms with Crippen LogP contribution in [0.3, 0.4) is 0 Å². The molecule has 4 heteroatoms. The second-order valence-electron chi connectivity index (χ2n) is 15.8. The number of hydrogen-bond acceptors (Lipinski definition) is 2. The Balaban J connectivity index is 0.943. The van der Waals surface area contributed by atoms with E-state index >= 15 is 0 Å². The van der Waals surface area contributed by atoms with Crippen LogP contribution in [-0.2, 0) is 0 Å². The zero-order valence-corrected chi connectivity index (χ0v) is 33.7. The molecular formula is C58H38N4. The minimum absolute atomic E-state index is 0.698. The molecule has 0 unspecified atom stereocenters.